The molecule has 130 valence electrons. The van der Waals surface area contributed by atoms with Crippen molar-refractivity contribution in [3.63, 3.8) is 0 Å². The molecule has 0 bridgehead atoms. The van der Waals surface area contributed by atoms with E-state index in [1.807, 2.05) is 34.9 Å². The van der Waals surface area contributed by atoms with Gasteiger partial charge in [0.15, 0.2) is 0 Å². The van der Waals surface area contributed by atoms with Gasteiger partial charge in [0.2, 0.25) is 15.9 Å². The van der Waals surface area contributed by atoms with Gasteiger partial charge >= 0.3 is 0 Å². The summed E-state index contributed by atoms with van der Waals surface area (Å²) in [4.78, 5) is 16.6. The maximum Gasteiger partial charge on any atom is 0.242 e. The third-order valence-corrected chi connectivity index (χ3v) is 4.24. The first-order chi connectivity index (χ1) is 11.4. The summed E-state index contributed by atoms with van der Waals surface area (Å²) in [6.45, 7) is 2.51. The van der Waals surface area contributed by atoms with Crippen LogP contribution in [0.3, 0.4) is 0 Å². The Morgan fingerprint density at radius 1 is 1.25 bits per heavy atom. The van der Waals surface area contributed by atoms with Crippen molar-refractivity contribution in [2.24, 2.45) is 0 Å². The molecule has 0 saturated heterocycles. The number of carbonyl (C=O) groups is 1. The number of sulfonamides is 1. The van der Waals surface area contributed by atoms with Gasteiger partial charge in [0.05, 0.1) is 6.26 Å². The number of nitrogens with one attached hydrogen (secondary N) is 2. The van der Waals surface area contributed by atoms with Gasteiger partial charge in [-0.25, -0.2) is 18.1 Å². The highest BCUT2D eigenvalue weighted by Crippen LogP contribution is 2.20. The highest BCUT2D eigenvalue weighted by atomic mass is 32.2. The highest BCUT2D eigenvalue weighted by molar-refractivity contribution is 7.88. The molecular weight excluding hydrogens is 328 g/mol. The van der Waals surface area contributed by atoms with Gasteiger partial charge in [-0.3, -0.25) is 4.79 Å². The van der Waals surface area contributed by atoms with Crippen molar-refractivity contribution in [3.05, 3.63) is 42.7 Å². The second-order valence-corrected chi connectivity index (χ2v) is 7.34. The maximum atomic E-state index is 12.3. The molecule has 1 atom stereocenters. The number of rotatable bonds is 8. The van der Waals surface area contributed by atoms with Crippen LogP contribution in [-0.2, 0) is 14.8 Å². The first-order valence-electron chi connectivity index (χ1n) is 7.69. The molecule has 0 spiro atoms. The lowest BCUT2D eigenvalue weighted by atomic mass is 10.2. The number of aromatic nitrogens is 2. The number of carbonyl (C=O) groups excluding carboxylic acids is 1. The first kappa shape index (κ1) is 18.2. The minimum absolute atomic E-state index is 0.135. The van der Waals surface area contributed by atoms with Gasteiger partial charge < -0.3 is 9.88 Å². The van der Waals surface area contributed by atoms with Crippen molar-refractivity contribution < 1.29 is 13.2 Å². The third-order valence-electron chi connectivity index (χ3n) is 3.51. The molecule has 0 aliphatic carbocycles. The molecule has 8 heteroatoms. The molecule has 0 radical (unpaired) electrons. The SMILES string of the molecule is CC(C(=O)NCCCNS(C)(=O)=O)n1ccnc1-c1ccccc1. The lowest BCUT2D eigenvalue weighted by Gasteiger charge is -2.16. The van der Waals surface area contributed by atoms with Crippen LogP contribution >= 0.6 is 0 Å². The van der Waals surface area contributed by atoms with Crippen LogP contribution in [0.2, 0.25) is 0 Å². The molecular formula is C16H22N4O3S. The fraction of sp³-hybridized carbons (Fsp3) is 0.375. The number of imidazole rings is 1. The molecule has 0 aliphatic heterocycles. The van der Waals surface area contributed by atoms with E-state index in [-0.39, 0.29) is 5.91 Å². The van der Waals surface area contributed by atoms with E-state index in [9.17, 15) is 13.2 Å². The average molecular weight is 350 g/mol. The van der Waals surface area contributed by atoms with E-state index in [2.05, 4.69) is 15.0 Å². The van der Waals surface area contributed by atoms with E-state index in [1.54, 1.807) is 19.3 Å². The average Bonchev–Trinajstić information content (AvgIpc) is 3.03. The van der Waals surface area contributed by atoms with Crippen LogP contribution in [0.1, 0.15) is 19.4 Å². The fourth-order valence-corrected chi connectivity index (χ4v) is 2.78. The molecule has 0 aliphatic rings. The van der Waals surface area contributed by atoms with Crippen molar-refractivity contribution in [1.82, 2.24) is 19.6 Å². The first-order valence-corrected chi connectivity index (χ1v) is 9.58. The molecule has 1 unspecified atom stereocenters. The van der Waals surface area contributed by atoms with Crippen LogP contribution in [0.5, 0.6) is 0 Å². The molecule has 0 saturated carbocycles. The summed E-state index contributed by atoms with van der Waals surface area (Å²) in [5.74, 6) is 0.599. The van der Waals surface area contributed by atoms with Crippen LogP contribution < -0.4 is 10.0 Å². The Kier molecular flexibility index (Phi) is 6.10. The number of benzene rings is 1. The van der Waals surface area contributed by atoms with E-state index in [4.69, 9.17) is 0 Å². The quantitative estimate of drug-likeness (QED) is 0.699. The van der Waals surface area contributed by atoms with Crippen molar-refractivity contribution in [2.75, 3.05) is 19.3 Å². The van der Waals surface area contributed by atoms with E-state index in [1.165, 1.54) is 0 Å². The maximum absolute atomic E-state index is 12.3. The van der Waals surface area contributed by atoms with Crippen LogP contribution in [0.4, 0.5) is 0 Å². The second kappa shape index (κ2) is 8.07. The monoisotopic (exact) mass is 350 g/mol. The number of amides is 1. The van der Waals surface area contributed by atoms with Gasteiger partial charge in [0.25, 0.3) is 0 Å². The van der Waals surface area contributed by atoms with Gasteiger partial charge in [0, 0.05) is 31.0 Å². The minimum atomic E-state index is -3.19. The zero-order chi connectivity index (χ0) is 17.6. The molecule has 2 N–H and O–H groups in total. The number of nitrogens with zero attached hydrogens (tertiary/aromatic N) is 2. The van der Waals surface area contributed by atoms with Crippen LogP contribution in [0, 0.1) is 0 Å². The highest BCUT2D eigenvalue weighted by Gasteiger charge is 2.18. The predicted molar refractivity (Wildman–Crippen MR) is 92.8 cm³/mol. The Morgan fingerprint density at radius 3 is 2.62 bits per heavy atom. The summed E-state index contributed by atoms with van der Waals surface area (Å²) in [6, 6.07) is 9.25. The molecule has 2 rings (SSSR count). The summed E-state index contributed by atoms with van der Waals surface area (Å²) in [7, 11) is -3.19. The lowest BCUT2D eigenvalue weighted by Crippen LogP contribution is -2.33. The summed E-state index contributed by atoms with van der Waals surface area (Å²) in [5.41, 5.74) is 0.944. The molecule has 1 aromatic carbocycles. The normalized spacial score (nSPS) is 12.8. The number of hydrogen-bond acceptors (Lipinski definition) is 4. The molecule has 1 aromatic heterocycles. The van der Waals surface area contributed by atoms with E-state index >= 15 is 0 Å². The molecule has 1 heterocycles. The lowest BCUT2D eigenvalue weighted by molar-refractivity contribution is -0.123. The van der Waals surface area contributed by atoms with Crippen molar-refractivity contribution in [2.45, 2.75) is 19.4 Å². The van der Waals surface area contributed by atoms with Crippen molar-refractivity contribution in [3.8, 4) is 11.4 Å². The second-order valence-electron chi connectivity index (χ2n) is 5.51. The Morgan fingerprint density at radius 2 is 1.96 bits per heavy atom. The van der Waals surface area contributed by atoms with Gasteiger partial charge in [-0.1, -0.05) is 30.3 Å². The zero-order valence-electron chi connectivity index (χ0n) is 13.8. The topological polar surface area (TPSA) is 93.1 Å². The number of hydrogen-bond donors (Lipinski definition) is 2. The molecule has 24 heavy (non-hydrogen) atoms. The van der Waals surface area contributed by atoms with E-state index < -0.39 is 16.1 Å². The van der Waals surface area contributed by atoms with E-state index in [0.29, 0.717) is 19.5 Å². The Balaban J connectivity index is 1.91. The van der Waals surface area contributed by atoms with Crippen molar-refractivity contribution >= 4 is 15.9 Å². The minimum Gasteiger partial charge on any atom is -0.354 e. The summed E-state index contributed by atoms with van der Waals surface area (Å²) in [6.07, 6.45) is 5.08. The van der Waals surface area contributed by atoms with E-state index in [0.717, 1.165) is 17.6 Å². The third kappa shape index (κ3) is 5.17. The Hall–Kier alpha value is -2.19. The summed E-state index contributed by atoms with van der Waals surface area (Å²) < 4.78 is 26.1. The van der Waals surface area contributed by atoms with Gasteiger partial charge in [-0.15, -0.1) is 0 Å². The van der Waals surface area contributed by atoms with Crippen LogP contribution in [0.15, 0.2) is 42.7 Å². The summed E-state index contributed by atoms with van der Waals surface area (Å²) in [5, 5.41) is 2.81. The van der Waals surface area contributed by atoms with Gasteiger partial charge in [-0.2, -0.15) is 0 Å². The largest absolute Gasteiger partial charge is 0.354 e. The fourth-order valence-electron chi connectivity index (χ4n) is 2.27. The summed E-state index contributed by atoms with van der Waals surface area (Å²) >= 11 is 0. The van der Waals surface area contributed by atoms with Gasteiger partial charge in [0.1, 0.15) is 11.9 Å². The molecule has 0 fully saturated rings. The van der Waals surface area contributed by atoms with Gasteiger partial charge in [-0.05, 0) is 13.3 Å². The zero-order valence-corrected chi connectivity index (χ0v) is 14.6. The smallest absolute Gasteiger partial charge is 0.242 e. The molecule has 7 nitrogen and oxygen atoms in total. The van der Waals surface area contributed by atoms with Crippen molar-refractivity contribution in [1.29, 1.82) is 0 Å². The van der Waals surface area contributed by atoms with Crippen LogP contribution in [0.25, 0.3) is 11.4 Å². The standard InChI is InChI=1S/C16H22N4O3S/c1-13(16(21)18-9-6-10-19-24(2,22)23)20-12-11-17-15(20)14-7-4-3-5-8-14/h3-5,7-8,11-13,19H,6,9-10H2,1-2H3,(H,18,21). The van der Waals surface area contributed by atoms with Crippen LogP contribution in [-0.4, -0.2) is 43.2 Å². The Bertz CT molecular complexity index is 772. The molecule has 1 amide bonds. The Labute approximate surface area is 142 Å². The predicted octanol–water partition coefficient (Wildman–Crippen LogP) is 1.17. The molecule has 2 aromatic rings.